The first-order valence-electron chi connectivity index (χ1n) is 6.71. The zero-order valence-electron chi connectivity index (χ0n) is 11.3. The van der Waals surface area contributed by atoms with Gasteiger partial charge >= 0.3 is 0 Å². The van der Waals surface area contributed by atoms with Crippen molar-refractivity contribution in [2.75, 3.05) is 19.6 Å². The van der Waals surface area contributed by atoms with Crippen molar-refractivity contribution >= 4 is 11.8 Å². The van der Waals surface area contributed by atoms with Crippen molar-refractivity contribution < 1.29 is 14.7 Å². The maximum absolute atomic E-state index is 11.6. The van der Waals surface area contributed by atoms with Crippen molar-refractivity contribution in [1.82, 2.24) is 10.2 Å². The van der Waals surface area contributed by atoms with E-state index in [0.29, 0.717) is 25.3 Å². The van der Waals surface area contributed by atoms with Crippen LogP contribution in [0.5, 0.6) is 0 Å². The topological polar surface area (TPSA) is 69.6 Å². The van der Waals surface area contributed by atoms with Gasteiger partial charge in [-0.05, 0) is 25.2 Å². The highest BCUT2D eigenvalue weighted by Crippen LogP contribution is 2.09. The number of aliphatic hydroxyl groups is 1. The molecule has 0 spiro atoms. The van der Waals surface area contributed by atoms with E-state index in [1.807, 2.05) is 13.8 Å². The number of hydrogen-bond acceptors (Lipinski definition) is 3. The number of hydrogen-bond donors (Lipinski definition) is 2. The van der Waals surface area contributed by atoms with E-state index in [9.17, 15) is 14.7 Å². The van der Waals surface area contributed by atoms with Crippen LogP contribution in [0, 0.1) is 5.92 Å². The lowest BCUT2D eigenvalue weighted by Gasteiger charge is -2.26. The first-order valence-corrected chi connectivity index (χ1v) is 6.71. The van der Waals surface area contributed by atoms with Gasteiger partial charge in [0.2, 0.25) is 11.8 Å². The summed E-state index contributed by atoms with van der Waals surface area (Å²) in [6, 6.07) is 0. The van der Waals surface area contributed by atoms with Gasteiger partial charge in [0, 0.05) is 19.5 Å². The van der Waals surface area contributed by atoms with Gasteiger partial charge in [-0.1, -0.05) is 13.8 Å². The normalized spacial score (nSPS) is 18.0. The van der Waals surface area contributed by atoms with Crippen molar-refractivity contribution in [3.05, 3.63) is 0 Å². The molecule has 5 heteroatoms. The van der Waals surface area contributed by atoms with Gasteiger partial charge < -0.3 is 15.3 Å². The van der Waals surface area contributed by atoms with Crippen molar-refractivity contribution in [3.8, 4) is 0 Å². The zero-order valence-corrected chi connectivity index (χ0v) is 11.3. The molecule has 0 aromatic rings. The fraction of sp³-hybridized carbons (Fsp3) is 0.846. The lowest BCUT2D eigenvalue weighted by atomic mass is 10.1. The molecule has 1 fully saturated rings. The highest BCUT2D eigenvalue weighted by atomic mass is 16.3. The van der Waals surface area contributed by atoms with E-state index in [4.69, 9.17) is 0 Å². The van der Waals surface area contributed by atoms with Crippen LogP contribution < -0.4 is 5.32 Å². The third-order valence-electron chi connectivity index (χ3n) is 3.03. The Morgan fingerprint density at radius 1 is 1.44 bits per heavy atom. The smallest absolute Gasteiger partial charge is 0.239 e. The molecule has 1 atom stereocenters. The molecule has 1 aliphatic rings. The second-order valence-corrected chi connectivity index (χ2v) is 5.36. The molecule has 0 aromatic carbocycles. The molecular weight excluding hydrogens is 232 g/mol. The van der Waals surface area contributed by atoms with Crippen molar-refractivity contribution in [2.45, 2.75) is 45.6 Å². The molecule has 18 heavy (non-hydrogen) atoms. The van der Waals surface area contributed by atoms with Gasteiger partial charge in [-0.3, -0.25) is 9.59 Å². The fourth-order valence-corrected chi connectivity index (χ4v) is 2.12. The molecule has 2 N–H and O–H groups in total. The lowest BCUT2D eigenvalue weighted by molar-refractivity contribution is -0.137. The average molecular weight is 256 g/mol. The van der Waals surface area contributed by atoms with Crippen molar-refractivity contribution in [3.63, 3.8) is 0 Å². The molecule has 0 saturated carbocycles. The van der Waals surface area contributed by atoms with E-state index in [-0.39, 0.29) is 24.9 Å². The quantitative estimate of drug-likeness (QED) is 0.728. The maximum atomic E-state index is 11.6. The third kappa shape index (κ3) is 5.49. The molecule has 104 valence electrons. The number of piperidine rings is 1. The Morgan fingerprint density at radius 2 is 2.17 bits per heavy atom. The first-order chi connectivity index (χ1) is 8.49. The van der Waals surface area contributed by atoms with Crippen LogP contribution in [0.3, 0.4) is 0 Å². The summed E-state index contributed by atoms with van der Waals surface area (Å²) in [5, 5.41) is 12.3. The first kappa shape index (κ1) is 15.0. The van der Waals surface area contributed by atoms with Gasteiger partial charge in [0.05, 0.1) is 12.6 Å². The Hall–Kier alpha value is -1.10. The van der Waals surface area contributed by atoms with Gasteiger partial charge in [0.15, 0.2) is 0 Å². The monoisotopic (exact) mass is 256 g/mol. The number of aliphatic hydroxyl groups excluding tert-OH is 1. The van der Waals surface area contributed by atoms with E-state index in [0.717, 1.165) is 12.8 Å². The second kappa shape index (κ2) is 7.36. The van der Waals surface area contributed by atoms with Crippen LogP contribution in [0.2, 0.25) is 0 Å². The molecule has 1 heterocycles. The standard InChI is InChI=1S/C13H24N2O3/c1-10(2)7-11(16)8-14-12(17)9-15-6-4-3-5-13(15)18/h10-11,16H,3-9H2,1-2H3,(H,14,17)/t11-/m0/s1. The molecule has 0 unspecified atom stereocenters. The largest absolute Gasteiger partial charge is 0.391 e. The number of nitrogens with zero attached hydrogens (tertiary/aromatic N) is 1. The molecule has 0 aliphatic carbocycles. The van der Waals surface area contributed by atoms with Crippen LogP contribution >= 0.6 is 0 Å². The number of carbonyl (C=O) groups excluding carboxylic acids is 2. The molecule has 0 radical (unpaired) electrons. The predicted octanol–water partition coefficient (Wildman–Crippen LogP) is 0.522. The van der Waals surface area contributed by atoms with Crippen LogP contribution in [0.25, 0.3) is 0 Å². The van der Waals surface area contributed by atoms with Crippen molar-refractivity contribution in [2.24, 2.45) is 5.92 Å². The predicted molar refractivity (Wildman–Crippen MR) is 68.9 cm³/mol. The number of likely N-dealkylation sites (tertiary alicyclic amines) is 1. The molecule has 0 aromatic heterocycles. The fourth-order valence-electron chi connectivity index (χ4n) is 2.12. The average Bonchev–Trinajstić information content (AvgIpc) is 2.29. The number of carbonyl (C=O) groups is 2. The van der Waals surface area contributed by atoms with Crippen LogP contribution in [0.4, 0.5) is 0 Å². The van der Waals surface area contributed by atoms with Gasteiger partial charge in [0.25, 0.3) is 0 Å². The molecule has 1 aliphatic heterocycles. The van der Waals surface area contributed by atoms with Gasteiger partial charge in [-0.25, -0.2) is 0 Å². The highest BCUT2D eigenvalue weighted by Gasteiger charge is 2.20. The highest BCUT2D eigenvalue weighted by molar-refractivity contribution is 5.85. The molecule has 5 nitrogen and oxygen atoms in total. The summed E-state index contributed by atoms with van der Waals surface area (Å²) in [5.74, 6) is 0.271. The molecule has 1 rings (SSSR count). The molecular formula is C13H24N2O3. The van der Waals surface area contributed by atoms with E-state index in [1.54, 1.807) is 4.90 Å². The van der Waals surface area contributed by atoms with Gasteiger partial charge in [-0.15, -0.1) is 0 Å². The van der Waals surface area contributed by atoms with E-state index >= 15 is 0 Å². The summed E-state index contributed by atoms with van der Waals surface area (Å²) in [4.78, 5) is 24.7. The zero-order chi connectivity index (χ0) is 13.5. The van der Waals surface area contributed by atoms with Gasteiger partial charge in [0.1, 0.15) is 0 Å². The number of rotatable bonds is 6. The summed E-state index contributed by atoms with van der Waals surface area (Å²) < 4.78 is 0. The minimum atomic E-state index is -0.508. The Morgan fingerprint density at radius 3 is 2.78 bits per heavy atom. The van der Waals surface area contributed by atoms with E-state index in [2.05, 4.69) is 5.32 Å². The maximum Gasteiger partial charge on any atom is 0.239 e. The van der Waals surface area contributed by atoms with Gasteiger partial charge in [-0.2, -0.15) is 0 Å². The summed E-state index contributed by atoms with van der Waals surface area (Å²) in [5.41, 5.74) is 0. The molecule has 0 bridgehead atoms. The summed E-state index contributed by atoms with van der Waals surface area (Å²) in [6.45, 7) is 5.10. The lowest BCUT2D eigenvalue weighted by Crippen LogP contribution is -2.44. The second-order valence-electron chi connectivity index (χ2n) is 5.36. The minimum Gasteiger partial charge on any atom is -0.391 e. The Labute approximate surface area is 109 Å². The number of nitrogens with one attached hydrogen (secondary N) is 1. The van der Waals surface area contributed by atoms with E-state index in [1.165, 1.54) is 0 Å². The van der Waals surface area contributed by atoms with Crippen LogP contribution in [-0.2, 0) is 9.59 Å². The molecule has 1 saturated heterocycles. The SMILES string of the molecule is CC(C)C[C@H](O)CNC(=O)CN1CCCCC1=O. The summed E-state index contributed by atoms with van der Waals surface area (Å²) >= 11 is 0. The Kier molecular flexibility index (Phi) is 6.12. The summed E-state index contributed by atoms with van der Waals surface area (Å²) in [6.07, 6.45) is 2.59. The van der Waals surface area contributed by atoms with Crippen LogP contribution in [0.15, 0.2) is 0 Å². The Balaban J connectivity index is 2.22. The minimum absolute atomic E-state index is 0.0547. The van der Waals surface area contributed by atoms with E-state index < -0.39 is 6.10 Å². The van der Waals surface area contributed by atoms with Crippen LogP contribution in [0.1, 0.15) is 39.5 Å². The number of amides is 2. The summed E-state index contributed by atoms with van der Waals surface area (Å²) in [7, 11) is 0. The molecule has 2 amide bonds. The van der Waals surface area contributed by atoms with Crippen molar-refractivity contribution in [1.29, 1.82) is 0 Å². The Bertz CT molecular complexity index is 292. The van der Waals surface area contributed by atoms with Crippen LogP contribution in [-0.4, -0.2) is 47.6 Å². The third-order valence-corrected chi connectivity index (χ3v) is 3.03.